The quantitative estimate of drug-likeness (QED) is 0.454. The van der Waals surface area contributed by atoms with E-state index in [2.05, 4.69) is 0 Å². The lowest BCUT2D eigenvalue weighted by molar-refractivity contribution is -0.137. The Hall–Kier alpha value is -2.79. The van der Waals surface area contributed by atoms with Crippen molar-refractivity contribution in [1.29, 1.82) is 0 Å². The molecule has 1 heterocycles. The first-order valence-electron chi connectivity index (χ1n) is 9.91. The van der Waals surface area contributed by atoms with Crippen LogP contribution in [0.2, 0.25) is 5.02 Å². The highest BCUT2D eigenvalue weighted by molar-refractivity contribution is 6.30. The molecule has 29 heavy (non-hydrogen) atoms. The molecule has 2 aromatic carbocycles. The van der Waals surface area contributed by atoms with Gasteiger partial charge in [0, 0.05) is 29.7 Å². The zero-order valence-electron chi connectivity index (χ0n) is 16.3. The number of aryl methyl sites for hydroxylation is 1. The number of aromatic nitrogens is 2. The zero-order valence-corrected chi connectivity index (χ0v) is 17.0. The van der Waals surface area contributed by atoms with Gasteiger partial charge in [0.15, 0.2) is 0 Å². The standard InChI is InChI=1S/C23H25ClN2O3/c24-19-12-14-20(15-13-19)26-21(18-9-5-4-6-10-18)17-25(23(26)29)16-8-3-1-2-7-11-22(27)28/h4-6,9-10,12-15,17H,1-3,7-8,11,16H2,(H,27,28). The monoisotopic (exact) mass is 412 g/mol. The van der Waals surface area contributed by atoms with Crippen LogP contribution in [0.1, 0.15) is 38.5 Å². The van der Waals surface area contributed by atoms with E-state index in [4.69, 9.17) is 16.7 Å². The molecule has 0 unspecified atom stereocenters. The summed E-state index contributed by atoms with van der Waals surface area (Å²) in [6.45, 7) is 0.637. The molecular weight excluding hydrogens is 388 g/mol. The third-order valence-electron chi connectivity index (χ3n) is 4.90. The third-order valence-corrected chi connectivity index (χ3v) is 5.15. The van der Waals surface area contributed by atoms with Gasteiger partial charge in [-0.3, -0.25) is 13.9 Å². The lowest BCUT2D eigenvalue weighted by Gasteiger charge is -2.07. The van der Waals surface area contributed by atoms with Crippen molar-refractivity contribution < 1.29 is 9.90 Å². The highest BCUT2D eigenvalue weighted by Gasteiger charge is 2.14. The summed E-state index contributed by atoms with van der Waals surface area (Å²) in [4.78, 5) is 23.7. The second kappa shape index (κ2) is 10.1. The van der Waals surface area contributed by atoms with Crippen molar-refractivity contribution in [3.8, 4) is 16.9 Å². The highest BCUT2D eigenvalue weighted by Crippen LogP contribution is 2.23. The van der Waals surface area contributed by atoms with Crippen LogP contribution < -0.4 is 5.69 Å². The first-order valence-corrected chi connectivity index (χ1v) is 10.3. The topological polar surface area (TPSA) is 64.2 Å². The van der Waals surface area contributed by atoms with Crippen molar-refractivity contribution >= 4 is 17.6 Å². The van der Waals surface area contributed by atoms with E-state index < -0.39 is 5.97 Å². The third kappa shape index (κ3) is 5.61. The number of benzene rings is 2. The average Bonchev–Trinajstić information content (AvgIpc) is 3.05. The van der Waals surface area contributed by atoms with Crippen LogP contribution in [-0.4, -0.2) is 20.2 Å². The maximum absolute atomic E-state index is 13.1. The van der Waals surface area contributed by atoms with Crippen LogP contribution >= 0.6 is 11.6 Å². The van der Waals surface area contributed by atoms with Gasteiger partial charge in [-0.2, -0.15) is 0 Å². The summed E-state index contributed by atoms with van der Waals surface area (Å²) in [6.07, 6.45) is 6.58. The largest absolute Gasteiger partial charge is 0.481 e. The number of hydrogen-bond donors (Lipinski definition) is 1. The summed E-state index contributed by atoms with van der Waals surface area (Å²) in [5, 5.41) is 9.31. The molecule has 0 spiro atoms. The van der Waals surface area contributed by atoms with Crippen LogP contribution in [0.15, 0.2) is 65.6 Å². The molecule has 3 rings (SSSR count). The van der Waals surface area contributed by atoms with Gasteiger partial charge >= 0.3 is 11.7 Å². The fourth-order valence-electron chi connectivity index (χ4n) is 3.39. The van der Waals surface area contributed by atoms with E-state index in [-0.39, 0.29) is 12.1 Å². The number of nitrogens with zero attached hydrogens (tertiary/aromatic N) is 2. The van der Waals surface area contributed by atoms with Gasteiger partial charge in [0.2, 0.25) is 0 Å². The molecule has 0 bridgehead atoms. The molecule has 0 radical (unpaired) electrons. The number of carboxylic acid groups (broad SMARTS) is 1. The predicted octanol–water partition coefficient (Wildman–Crippen LogP) is 5.38. The molecule has 5 nitrogen and oxygen atoms in total. The normalized spacial score (nSPS) is 10.9. The molecular formula is C23H25ClN2O3. The second-order valence-corrected chi connectivity index (χ2v) is 7.52. The van der Waals surface area contributed by atoms with E-state index in [1.807, 2.05) is 48.7 Å². The summed E-state index contributed by atoms with van der Waals surface area (Å²) in [6, 6.07) is 17.1. The Labute approximate surface area is 175 Å². The smallest absolute Gasteiger partial charge is 0.333 e. The molecule has 0 aliphatic carbocycles. The van der Waals surface area contributed by atoms with Gasteiger partial charge in [0.1, 0.15) is 0 Å². The van der Waals surface area contributed by atoms with Crippen molar-refractivity contribution in [1.82, 2.24) is 9.13 Å². The first-order chi connectivity index (χ1) is 14.1. The van der Waals surface area contributed by atoms with Gasteiger partial charge in [-0.05, 0) is 37.1 Å². The number of aliphatic carboxylic acids is 1. The minimum Gasteiger partial charge on any atom is -0.481 e. The van der Waals surface area contributed by atoms with E-state index in [1.54, 1.807) is 21.3 Å². The zero-order chi connectivity index (χ0) is 20.6. The van der Waals surface area contributed by atoms with Crippen molar-refractivity contribution in [3.63, 3.8) is 0 Å². The van der Waals surface area contributed by atoms with Gasteiger partial charge in [0.05, 0.1) is 11.4 Å². The molecule has 0 saturated heterocycles. The molecule has 0 aliphatic rings. The molecule has 3 aromatic rings. The van der Waals surface area contributed by atoms with Crippen molar-refractivity contribution in [3.05, 3.63) is 76.3 Å². The van der Waals surface area contributed by atoms with Crippen molar-refractivity contribution in [2.24, 2.45) is 0 Å². The number of rotatable bonds is 10. The Bertz CT molecular complexity index is 991. The van der Waals surface area contributed by atoms with Crippen LogP contribution in [0.4, 0.5) is 0 Å². The highest BCUT2D eigenvalue weighted by atomic mass is 35.5. The fraction of sp³-hybridized carbons (Fsp3) is 0.304. The minimum atomic E-state index is -0.742. The Kier molecular flexibility index (Phi) is 7.30. The van der Waals surface area contributed by atoms with Gasteiger partial charge in [0.25, 0.3) is 0 Å². The molecule has 152 valence electrons. The van der Waals surface area contributed by atoms with Crippen LogP contribution in [0, 0.1) is 0 Å². The van der Waals surface area contributed by atoms with E-state index in [0.29, 0.717) is 18.0 Å². The summed E-state index contributed by atoms with van der Waals surface area (Å²) >= 11 is 6.01. The Morgan fingerprint density at radius 2 is 1.55 bits per heavy atom. The maximum Gasteiger partial charge on any atom is 0.333 e. The number of halogens is 1. The first kappa shape index (κ1) is 20.9. The number of carbonyl (C=O) groups is 1. The van der Waals surface area contributed by atoms with Crippen LogP contribution in [-0.2, 0) is 11.3 Å². The molecule has 0 aliphatic heterocycles. The molecule has 1 aromatic heterocycles. The summed E-state index contributed by atoms with van der Waals surface area (Å²) in [7, 11) is 0. The number of unbranched alkanes of at least 4 members (excludes halogenated alkanes) is 4. The number of imidazole rings is 1. The van der Waals surface area contributed by atoms with Gasteiger partial charge in [-0.1, -0.05) is 61.2 Å². The van der Waals surface area contributed by atoms with E-state index in [9.17, 15) is 9.59 Å². The van der Waals surface area contributed by atoms with E-state index in [0.717, 1.165) is 42.6 Å². The molecule has 1 N–H and O–H groups in total. The van der Waals surface area contributed by atoms with Crippen molar-refractivity contribution in [2.75, 3.05) is 0 Å². The lowest BCUT2D eigenvalue weighted by atomic mass is 10.1. The summed E-state index contributed by atoms with van der Waals surface area (Å²) in [5.74, 6) is -0.742. The molecule has 0 amide bonds. The van der Waals surface area contributed by atoms with Gasteiger partial charge < -0.3 is 5.11 Å². The Balaban J connectivity index is 1.76. The average molecular weight is 413 g/mol. The second-order valence-electron chi connectivity index (χ2n) is 7.08. The fourth-order valence-corrected chi connectivity index (χ4v) is 3.52. The molecule has 0 atom stereocenters. The number of hydrogen-bond acceptors (Lipinski definition) is 2. The van der Waals surface area contributed by atoms with Gasteiger partial charge in [-0.25, -0.2) is 4.79 Å². The lowest BCUT2D eigenvalue weighted by Crippen LogP contribution is -2.23. The molecule has 0 fully saturated rings. The molecule has 0 saturated carbocycles. The molecule has 6 heteroatoms. The van der Waals surface area contributed by atoms with Crippen molar-refractivity contribution in [2.45, 2.75) is 45.1 Å². The van der Waals surface area contributed by atoms with Crippen LogP contribution in [0.3, 0.4) is 0 Å². The Morgan fingerprint density at radius 3 is 2.24 bits per heavy atom. The maximum atomic E-state index is 13.1. The van der Waals surface area contributed by atoms with Crippen LogP contribution in [0.5, 0.6) is 0 Å². The van der Waals surface area contributed by atoms with E-state index in [1.165, 1.54) is 0 Å². The predicted molar refractivity (Wildman–Crippen MR) is 116 cm³/mol. The minimum absolute atomic E-state index is 0.0722. The van der Waals surface area contributed by atoms with E-state index >= 15 is 0 Å². The summed E-state index contributed by atoms with van der Waals surface area (Å²) in [5.41, 5.74) is 2.54. The van der Waals surface area contributed by atoms with Crippen LogP contribution in [0.25, 0.3) is 16.9 Å². The SMILES string of the molecule is O=C(O)CCCCCCCn1cc(-c2ccccc2)n(-c2ccc(Cl)cc2)c1=O. The Morgan fingerprint density at radius 1 is 0.897 bits per heavy atom. The van der Waals surface area contributed by atoms with Gasteiger partial charge in [-0.15, -0.1) is 0 Å². The summed E-state index contributed by atoms with van der Waals surface area (Å²) < 4.78 is 3.48. The number of carboxylic acids is 1.